The van der Waals surface area contributed by atoms with Gasteiger partial charge < -0.3 is 5.32 Å². The number of carbonyl (C=O) groups is 1. The van der Waals surface area contributed by atoms with Gasteiger partial charge in [0, 0.05) is 18.2 Å². The first kappa shape index (κ1) is 10.3. The molecule has 1 rings (SSSR count). The van der Waals surface area contributed by atoms with Crippen molar-refractivity contribution in [1.29, 1.82) is 0 Å². The van der Waals surface area contributed by atoms with Crippen LogP contribution in [0.5, 0.6) is 0 Å². The highest BCUT2D eigenvalue weighted by Gasteiger charge is 2.15. The van der Waals surface area contributed by atoms with Crippen LogP contribution in [-0.4, -0.2) is 29.2 Å². The summed E-state index contributed by atoms with van der Waals surface area (Å²) in [5, 5.41) is 3.58. The molecule has 1 heterocycles. The van der Waals surface area contributed by atoms with E-state index in [4.69, 9.17) is 0 Å². The number of hydrogen-bond donors (Lipinski definition) is 2. The van der Waals surface area contributed by atoms with Crippen molar-refractivity contribution < 1.29 is 4.79 Å². The molecule has 0 aliphatic carbocycles. The summed E-state index contributed by atoms with van der Waals surface area (Å²) < 4.78 is 0. The maximum Gasteiger partial charge on any atom is 0.220 e. The predicted molar refractivity (Wildman–Crippen MR) is 57.0 cm³/mol. The molecule has 1 aliphatic heterocycles. The summed E-state index contributed by atoms with van der Waals surface area (Å²) in [4.78, 5) is 11.0. The van der Waals surface area contributed by atoms with Gasteiger partial charge in [-0.3, -0.25) is 4.79 Å². The van der Waals surface area contributed by atoms with E-state index in [1.807, 2.05) is 11.8 Å². The summed E-state index contributed by atoms with van der Waals surface area (Å²) in [5.74, 6) is 2.04. The third-order valence-corrected chi connectivity index (χ3v) is 3.51. The van der Waals surface area contributed by atoms with Gasteiger partial charge in [-0.2, -0.15) is 24.4 Å². The van der Waals surface area contributed by atoms with Gasteiger partial charge in [-0.15, -0.1) is 0 Å². The molecular formula is C8H15NOS2. The molecule has 0 aromatic heterocycles. The highest BCUT2D eigenvalue weighted by molar-refractivity contribution is 8.00. The molecule has 1 fully saturated rings. The second-order valence-corrected chi connectivity index (χ2v) is 4.77. The van der Waals surface area contributed by atoms with Crippen molar-refractivity contribution in [2.75, 3.05) is 18.1 Å². The minimum absolute atomic E-state index is 0.137. The van der Waals surface area contributed by atoms with E-state index in [0.717, 1.165) is 6.54 Å². The summed E-state index contributed by atoms with van der Waals surface area (Å²) in [6.07, 6.45) is 3.10. The van der Waals surface area contributed by atoms with Gasteiger partial charge >= 0.3 is 0 Å². The first-order valence-electron chi connectivity index (χ1n) is 4.32. The summed E-state index contributed by atoms with van der Waals surface area (Å²) in [7, 11) is 0. The summed E-state index contributed by atoms with van der Waals surface area (Å²) >= 11 is 5.97. The van der Waals surface area contributed by atoms with Crippen LogP contribution < -0.4 is 5.32 Å². The fourth-order valence-corrected chi connectivity index (χ4v) is 2.63. The van der Waals surface area contributed by atoms with Crippen molar-refractivity contribution in [2.45, 2.75) is 24.5 Å². The third-order valence-electron chi connectivity index (χ3n) is 1.89. The lowest BCUT2D eigenvalue weighted by atomic mass is 10.2. The average molecular weight is 205 g/mol. The van der Waals surface area contributed by atoms with Gasteiger partial charge in [0.25, 0.3) is 0 Å². The number of nitrogens with one attached hydrogen (secondary N) is 1. The number of thioether (sulfide) groups is 1. The number of hydrogen-bond acceptors (Lipinski definition) is 3. The molecule has 0 aromatic carbocycles. The average Bonchev–Trinajstić information content (AvgIpc) is 2.53. The van der Waals surface area contributed by atoms with E-state index >= 15 is 0 Å². The van der Waals surface area contributed by atoms with E-state index in [1.165, 1.54) is 18.6 Å². The lowest BCUT2D eigenvalue weighted by Gasteiger charge is -2.08. The Balaban J connectivity index is 2.03. The molecule has 12 heavy (non-hydrogen) atoms. The van der Waals surface area contributed by atoms with E-state index in [9.17, 15) is 4.79 Å². The maximum atomic E-state index is 11.0. The molecule has 1 unspecified atom stereocenters. The molecule has 2 nitrogen and oxygen atoms in total. The Kier molecular flexibility index (Phi) is 4.92. The second kappa shape index (κ2) is 5.75. The van der Waals surface area contributed by atoms with Crippen LogP contribution in [0.4, 0.5) is 0 Å². The zero-order valence-electron chi connectivity index (χ0n) is 7.08. The number of carbonyl (C=O) groups excluding carboxylic acids is 1. The zero-order chi connectivity index (χ0) is 8.81. The van der Waals surface area contributed by atoms with Gasteiger partial charge in [0.05, 0.1) is 0 Å². The van der Waals surface area contributed by atoms with Crippen molar-refractivity contribution in [3.63, 3.8) is 0 Å². The van der Waals surface area contributed by atoms with Crippen molar-refractivity contribution in [1.82, 2.24) is 5.32 Å². The minimum Gasteiger partial charge on any atom is -0.355 e. The second-order valence-electron chi connectivity index (χ2n) is 2.91. The monoisotopic (exact) mass is 205 g/mol. The first-order valence-corrected chi connectivity index (χ1v) is 6.00. The van der Waals surface area contributed by atoms with Crippen molar-refractivity contribution in [3.8, 4) is 0 Å². The molecule has 70 valence electrons. The number of rotatable bonds is 4. The smallest absolute Gasteiger partial charge is 0.220 e. The van der Waals surface area contributed by atoms with E-state index in [2.05, 4.69) is 17.9 Å². The van der Waals surface area contributed by atoms with E-state index in [1.54, 1.807) is 0 Å². The zero-order valence-corrected chi connectivity index (χ0v) is 8.79. The van der Waals surface area contributed by atoms with Gasteiger partial charge in [-0.1, -0.05) is 0 Å². The fraction of sp³-hybridized carbons (Fsp3) is 0.875. The molecule has 4 heteroatoms. The van der Waals surface area contributed by atoms with Gasteiger partial charge in [0.1, 0.15) is 0 Å². The molecule has 0 aromatic rings. The van der Waals surface area contributed by atoms with E-state index in [0.29, 0.717) is 17.4 Å². The van der Waals surface area contributed by atoms with Gasteiger partial charge in [0.15, 0.2) is 0 Å². The Labute approximate surface area is 83.3 Å². The Morgan fingerprint density at radius 1 is 1.67 bits per heavy atom. The van der Waals surface area contributed by atoms with Crippen LogP contribution in [0, 0.1) is 0 Å². The Morgan fingerprint density at radius 3 is 3.08 bits per heavy atom. The maximum absolute atomic E-state index is 11.0. The summed E-state index contributed by atoms with van der Waals surface area (Å²) in [6.45, 7) is 0.845. The van der Waals surface area contributed by atoms with Crippen LogP contribution in [0.1, 0.15) is 19.3 Å². The molecule has 0 saturated carbocycles. The Bertz CT molecular complexity index is 146. The topological polar surface area (TPSA) is 29.1 Å². The number of thiol groups is 1. The normalized spacial score (nSPS) is 22.6. The number of amides is 1. The highest BCUT2D eigenvalue weighted by atomic mass is 32.2. The van der Waals surface area contributed by atoms with Crippen molar-refractivity contribution in [2.24, 2.45) is 0 Å². The summed E-state index contributed by atoms with van der Waals surface area (Å²) in [6, 6.07) is 0. The highest BCUT2D eigenvalue weighted by Crippen LogP contribution is 2.25. The van der Waals surface area contributed by atoms with Gasteiger partial charge in [0.2, 0.25) is 5.91 Å². The van der Waals surface area contributed by atoms with Crippen LogP contribution >= 0.6 is 24.4 Å². The standard InChI is InChI=1S/C8H15NOS2/c10-8(3-4-11)9-6-7-2-1-5-12-7/h7,11H,1-6H2,(H,9,10). The SMILES string of the molecule is O=C(CCS)NCC1CCCS1. The summed E-state index contributed by atoms with van der Waals surface area (Å²) in [5.41, 5.74) is 0. The molecule has 0 radical (unpaired) electrons. The molecule has 1 N–H and O–H groups in total. The lowest BCUT2D eigenvalue weighted by molar-refractivity contribution is -0.120. The van der Waals surface area contributed by atoms with Crippen LogP contribution in [0.3, 0.4) is 0 Å². The minimum atomic E-state index is 0.137. The van der Waals surface area contributed by atoms with Crippen molar-refractivity contribution in [3.05, 3.63) is 0 Å². The van der Waals surface area contributed by atoms with Crippen LogP contribution in [-0.2, 0) is 4.79 Å². The Morgan fingerprint density at radius 2 is 2.50 bits per heavy atom. The predicted octanol–water partition coefficient (Wildman–Crippen LogP) is 1.32. The van der Waals surface area contributed by atoms with Crippen LogP contribution in [0.15, 0.2) is 0 Å². The molecule has 0 bridgehead atoms. The molecule has 0 spiro atoms. The first-order chi connectivity index (χ1) is 5.83. The molecule has 1 aliphatic rings. The fourth-order valence-electron chi connectivity index (χ4n) is 1.22. The largest absolute Gasteiger partial charge is 0.355 e. The van der Waals surface area contributed by atoms with E-state index in [-0.39, 0.29) is 5.91 Å². The van der Waals surface area contributed by atoms with Crippen molar-refractivity contribution >= 4 is 30.3 Å². The quantitative estimate of drug-likeness (QED) is 0.678. The van der Waals surface area contributed by atoms with Crippen LogP contribution in [0.2, 0.25) is 0 Å². The molecular weight excluding hydrogens is 190 g/mol. The lowest BCUT2D eigenvalue weighted by Crippen LogP contribution is -2.29. The van der Waals surface area contributed by atoms with Crippen LogP contribution in [0.25, 0.3) is 0 Å². The molecule has 1 saturated heterocycles. The van der Waals surface area contributed by atoms with Gasteiger partial charge in [-0.25, -0.2) is 0 Å². The molecule has 1 atom stereocenters. The molecule has 1 amide bonds. The Hall–Kier alpha value is 0.170. The third kappa shape index (κ3) is 3.72. The van der Waals surface area contributed by atoms with E-state index < -0.39 is 0 Å². The van der Waals surface area contributed by atoms with Gasteiger partial charge in [-0.05, 0) is 24.3 Å².